The highest BCUT2D eigenvalue weighted by atomic mass is 16.3. The van der Waals surface area contributed by atoms with Crippen molar-refractivity contribution in [1.82, 2.24) is 14.8 Å². The second-order valence-electron chi connectivity index (χ2n) is 8.06. The molecular weight excluding hydrogens is 406 g/mol. The van der Waals surface area contributed by atoms with Gasteiger partial charge in [-0.25, -0.2) is 10.4 Å². The molecule has 1 aliphatic heterocycles. The van der Waals surface area contributed by atoms with E-state index in [2.05, 4.69) is 22.4 Å². The Bertz CT molecular complexity index is 1230. The largest absolute Gasteiger partial charge is 0.507 e. The van der Waals surface area contributed by atoms with Crippen LogP contribution < -0.4 is 15.9 Å². The van der Waals surface area contributed by atoms with Gasteiger partial charge in [0, 0.05) is 18.8 Å². The summed E-state index contributed by atoms with van der Waals surface area (Å²) in [6, 6.07) is 10.3. The van der Waals surface area contributed by atoms with Crippen LogP contribution in [0.25, 0.3) is 5.65 Å². The van der Waals surface area contributed by atoms with E-state index in [1.54, 1.807) is 18.3 Å². The molecule has 1 fully saturated rings. The topological polar surface area (TPSA) is 99.3 Å². The molecule has 3 heterocycles. The minimum atomic E-state index is -0.560. The monoisotopic (exact) mass is 433 g/mol. The predicted octanol–water partition coefficient (Wildman–Crippen LogP) is 3.24. The number of hydrogen-bond donors (Lipinski definition) is 2. The molecule has 166 valence electrons. The highest BCUT2D eigenvalue weighted by Crippen LogP contribution is 2.26. The number of phenols is 1. The fourth-order valence-corrected chi connectivity index (χ4v) is 4.16. The van der Waals surface area contributed by atoms with Gasteiger partial charge in [0.15, 0.2) is 0 Å². The molecule has 2 N–H and O–H groups in total. The fraction of sp³-hybridized carbons (Fsp3) is 0.333. The lowest BCUT2D eigenvalue weighted by Gasteiger charge is -2.36. The van der Waals surface area contributed by atoms with Gasteiger partial charge in [0.05, 0.1) is 11.8 Å². The van der Waals surface area contributed by atoms with Gasteiger partial charge in [0.1, 0.15) is 22.8 Å². The number of phenolic OH excluding ortho intramolecular Hbond substituents is 1. The van der Waals surface area contributed by atoms with Crippen LogP contribution in [0, 0.1) is 6.92 Å². The lowest BCUT2D eigenvalue weighted by molar-refractivity contribution is 0.0952. The number of aromatic hydroxyl groups is 1. The zero-order valence-corrected chi connectivity index (χ0v) is 18.3. The summed E-state index contributed by atoms with van der Waals surface area (Å²) in [5, 5.41) is 13.9. The normalized spacial score (nSPS) is 16.6. The van der Waals surface area contributed by atoms with Gasteiger partial charge in [-0.05, 0) is 56.4 Å². The molecule has 32 heavy (non-hydrogen) atoms. The maximum atomic E-state index is 13.4. The Kier molecular flexibility index (Phi) is 6.20. The first-order valence-corrected chi connectivity index (χ1v) is 10.9. The molecule has 1 saturated heterocycles. The maximum absolute atomic E-state index is 13.4. The number of carbonyl (C=O) groups is 1. The number of nitrogens with zero attached hydrogens (tertiary/aromatic N) is 4. The van der Waals surface area contributed by atoms with Crippen molar-refractivity contribution in [3.8, 4) is 5.75 Å². The van der Waals surface area contributed by atoms with Crippen LogP contribution in [0.15, 0.2) is 52.5 Å². The Labute approximate surface area is 186 Å². The molecule has 0 radical (unpaired) electrons. The molecule has 1 atom stereocenters. The molecule has 1 aromatic carbocycles. The Morgan fingerprint density at radius 3 is 2.88 bits per heavy atom. The summed E-state index contributed by atoms with van der Waals surface area (Å²) in [7, 11) is 0. The van der Waals surface area contributed by atoms with E-state index >= 15 is 0 Å². The number of piperidine rings is 1. The molecule has 8 heteroatoms. The van der Waals surface area contributed by atoms with Crippen molar-refractivity contribution in [1.29, 1.82) is 0 Å². The quantitative estimate of drug-likeness (QED) is 0.475. The van der Waals surface area contributed by atoms with Gasteiger partial charge in [-0.2, -0.15) is 5.10 Å². The first kappa shape index (κ1) is 21.5. The first-order chi connectivity index (χ1) is 15.5. The molecule has 0 spiro atoms. The molecule has 1 aliphatic rings. The number of pyridine rings is 1. The van der Waals surface area contributed by atoms with E-state index in [0.717, 1.165) is 37.8 Å². The number of para-hydroxylation sites is 1. The summed E-state index contributed by atoms with van der Waals surface area (Å²) in [5.41, 5.74) is 4.11. The maximum Gasteiger partial charge on any atom is 0.275 e. The van der Waals surface area contributed by atoms with Crippen LogP contribution in [0.2, 0.25) is 0 Å². The van der Waals surface area contributed by atoms with E-state index in [4.69, 9.17) is 4.98 Å². The number of benzene rings is 1. The minimum Gasteiger partial charge on any atom is -0.507 e. The van der Waals surface area contributed by atoms with Gasteiger partial charge in [0.25, 0.3) is 11.5 Å². The molecule has 0 saturated carbocycles. The Morgan fingerprint density at radius 1 is 1.28 bits per heavy atom. The number of rotatable bonds is 5. The van der Waals surface area contributed by atoms with Crippen LogP contribution >= 0.6 is 0 Å². The van der Waals surface area contributed by atoms with Gasteiger partial charge < -0.3 is 10.0 Å². The van der Waals surface area contributed by atoms with Crippen LogP contribution in [-0.4, -0.2) is 39.2 Å². The van der Waals surface area contributed by atoms with E-state index < -0.39 is 5.91 Å². The minimum absolute atomic E-state index is 0.107. The molecule has 0 aliphatic carbocycles. The van der Waals surface area contributed by atoms with Gasteiger partial charge >= 0.3 is 0 Å². The predicted molar refractivity (Wildman–Crippen MR) is 125 cm³/mol. The number of aryl methyl sites for hydroxylation is 1. The average Bonchev–Trinajstić information content (AvgIpc) is 2.81. The van der Waals surface area contributed by atoms with Crippen molar-refractivity contribution >= 4 is 23.6 Å². The van der Waals surface area contributed by atoms with Gasteiger partial charge in [0.2, 0.25) is 0 Å². The van der Waals surface area contributed by atoms with E-state index in [1.807, 2.05) is 19.1 Å². The van der Waals surface area contributed by atoms with E-state index in [-0.39, 0.29) is 16.9 Å². The van der Waals surface area contributed by atoms with Gasteiger partial charge in [-0.15, -0.1) is 0 Å². The zero-order chi connectivity index (χ0) is 22.7. The van der Waals surface area contributed by atoms with Crippen molar-refractivity contribution in [3.05, 3.63) is 69.6 Å². The van der Waals surface area contributed by atoms with Crippen LogP contribution in [0.3, 0.4) is 0 Å². The van der Waals surface area contributed by atoms with Crippen LogP contribution in [0.5, 0.6) is 5.75 Å². The van der Waals surface area contributed by atoms with E-state index in [1.165, 1.54) is 22.7 Å². The SMILES string of the molecule is CC[C@H]1CCCCN1c1nc2ccc(C)cn2c(=O)c1/C=N\NC(=O)c1ccccc1O. The second-order valence-corrected chi connectivity index (χ2v) is 8.06. The number of fused-ring (bicyclic) bond motifs is 1. The van der Waals surface area contributed by atoms with Crippen LogP contribution in [-0.2, 0) is 0 Å². The highest BCUT2D eigenvalue weighted by molar-refractivity contribution is 5.97. The lowest BCUT2D eigenvalue weighted by Crippen LogP contribution is -2.41. The molecule has 0 unspecified atom stereocenters. The Hall–Kier alpha value is -3.68. The second kappa shape index (κ2) is 9.21. The summed E-state index contributed by atoms with van der Waals surface area (Å²) in [6.07, 6.45) is 7.30. The number of aromatic nitrogens is 2. The van der Waals surface area contributed by atoms with Crippen LogP contribution in [0.1, 0.15) is 54.1 Å². The Morgan fingerprint density at radius 2 is 2.09 bits per heavy atom. The fourth-order valence-electron chi connectivity index (χ4n) is 4.16. The molecule has 1 amide bonds. The third-order valence-corrected chi connectivity index (χ3v) is 5.86. The molecule has 4 rings (SSSR count). The standard InChI is InChI=1S/C24H27N5O3/c1-3-17-8-6-7-13-28(17)22-19(24(32)29-15-16(2)11-12-21(29)26-22)14-25-27-23(31)18-9-4-5-10-20(18)30/h4-5,9-12,14-15,17,30H,3,6-8,13H2,1-2H3,(H,27,31)/b25-14-/t17-/m0/s1. The number of carbonyl (C=O) groups excluding carboxylic acids is 1. The van der Waals surface area contributed by atoms with E-state index in [0.29, 0.717) is 23.1 Å². The van der Waals surface area contributed by atoms with Crippen molar-refractivity contribution in [2.75, 3.05) is 11.4 Å². The van der Waals surface area contributed by atoms with Crippen molar-refractivity contribution < 1.29 is 9.90 Å². The summed E-state index contributed by atoms with van der Waals surface area (Å²) in [6.45, 7) is 4.87. The number of hydrogen-bond acceptors (Lipinski definition) is 6. The zero-order valence-electron chi connectivity index (χ0n) is 18.3. The summed E-state index contributed by atoms with van der Waals surface area (Å²) in [4.78, 5) is 32.8. The summed E-state index contributed by atoms with van der Waals surface area (Å²) >= 11 is 0. The number of amides is 1. The summed E-state index contributed by atoms with van der Waals surface area (Å²) < 4.78 is 1.51. The van der Waals surface area contributed by atoms with Crippen molar-refractivity contribution in [3.63, 3.8) is 0 Å². The third kappa shape index (κ3) is 4.21. The molecule has 8 nitrogen and oxygen atoms in total. The first-order valence-electron chi connectivity index (χ1n) is 10.9. The van der Waals surface area contributed by atoms with E-state index in [9.17, 15) is 14.7 Å². The van der Waals surface area contributed by atoms with Gasteiger partial charge in [-0.1, -0.05) is 25.1 Å². The average molecular weight is 434 g/mol. The van der Waals surface area contributed by atoms with Crippen molar-refractivity contribution in [2.24, 2.45) is 5.10 Å². The smallest absolute Gasteiger partial charge is 0.275 e. The number of hydrazone groups is 1. The van der Waals surface area contributed by atoms with Crippen molar-refractivity contribution in [2.45, 2.75) is 45.6 Å². The molecule has 3 aromatic rings. The number of nitrogens with one attached hydrogen (secondary N) is 1. The molecule has 2 aromatic heterocycles. The lowest BCUT2D eigenvalue weighted by atomic mass is 9.99. The Balaban J connectivity index is 1.75. The van der Waals surface area contributed by atoms with Crippen LogP contribution in [0.4, 0.5) is 5.82 Å². The highest BCUT2D eigenvalue weighted by Gasteiger charge is 2.26. The number of anilines is 1. The van der Waals surface area contributed by atoms with Gasteiger partial charge in [-0.3, -0.25) is 14.0 Å². The molecule has 0 bridgehead atoms. The molecular formula is C24H27N5O3. The summed E-state index contributed by atoms with van der Waals surface area (Å²) in [5.74, 6) is -0.108. The third-order valence-electron chi connectivity index (χ3n) is 5.86.